The Morgan fingerprint density at radius 2 is 1.71 bits per heavy atom. The first-order valence-electron chi connectivity index (χ1n) is 8.76. The Hall–Kier alpha value is -2.46. The van der Waals surface area contributed by atoms with Crippen molar-refractivity contribution in [1.82, 2.24) is 20.2 Å². The summed E-state index contributed by atoms with van der Waals surface area (Å²) in [5, 5.41) is 51.6. The van der Waals surface area contributed by atoms with Crippen molar-refractivity contribution in [2.45, 2.75) is 30.9 Å². The Kier molecular flexibility index (Phi) is 6.63. The minimum absolute atomic E-state index is 0.0546. The van der Waals surface area contributed by atoms with Gasteiger partial charge in [0.05, 0.1) is 24.5 Å². The van der Waals surface area contributed by atoms with Gasteiger partial charge in [0, 0.05) is 11.7 Å². The van der Waals surface area contributed by atoms with Crippen molar-refractivity contribution in [1.29, 1.82) is 0 Å². The van der Waals surface area contributed by atoms with Gasteiger partial charge in [0.25, 0.3) is 0 Å². The molecule has 1 heterocycles. The van der Waals surface area contributed by atoms with Crippen LogP contribution in [0, 0.1) is 5.92 Å². The zero-order valence-corrected chi connectivity index (χ0v) is 16.1. The molecule has 0 spiro atoms. The number of aliphatic hydroxyl groups is 3. The zero-order chi connectivity index (χ0) is 20.1. The van der Waals surface area contributed by atoms with E-state index in [2.05, 4.69) is 15.5 Å². The zero-order valence-electron chi connectivity index (χ0n) is 15.3. The van der Waals surface area contributed by atoms with E-state index in [1.165, 1.54) is 16.4 Å². The Labute approximate surface area is 166 Å². The Morgan fingerprint density at radius 3 is 2.36 bits per heavy atom. The fraction of sp³-hybridized carbons (Fsp3) is 0.316. The second-order valence-corrected chi connectivity index (χ2v) is 7.46. The number of rotatable bonds is 8. The summed E-state index contributed by atoms with van der Waals surface area (Å²) in [6.45, 7) is 1.72. The second kappa shape index (κ2) is 9.16. The Bertz CT molecular complexity index is 886. The molecular formula is C19H22N4O4S. The maximum absolute atomic E-state index is 10.5. The average molecular weight is 402 g/mol. The van der Waals surface area contributed by atoms with Crippen molar-refractivity contribution in [2.24, 2.45) is 5.92 Å². The van der Waals surface area contributed by atoms with Crippen LogP contribution in [0.4, 0.5) is 0 Å². The van der Waals surface area contributed by atoms with E-state index in [9.17, 15) is 15.3 Å². The average Bonchev–Trinajstić information content (AvgIpc) is 3.20. The summed E-state index contributed by atoms with van der Waals surface area (Å²) in [7, 11) is 0. The first-order valence-corrected chi connectivity index (χ1v) is 9.74. The minimum atomic E-state index is -0.837. The number of aromatic nitrogens is 4. The maximum Gasteiger partial charge on any atom is 0.214 e. The van der Waals surface area contributed by atoms with Crippen LogP contribution in [-0.4, -0.2) is 52.5 Å². The molecule has 0 amide bonds. The summed E-state index contributed by atoms with van der Waals surface area (Å²) in [5.74, 6) is 0.0348. The third kappa shape index (κ3) is 4.68. The molecule has 3 rings (SSSR count). The van der Waals surface area contributed by atoms with Gasteiger partial charge in [-0.25, -0.2) is 0 Å². The van der Waals surface area contributed by atoms with Crippen LogP contribution >= 0.6 is 11.8 Å². The fourth-order valence-corrected chi connectivity index (χ4v) is 3.65. The molecule has 0 fully saturated rings. The van der Waals surface area contributed by atoms with Gasteiger partial charge in [-0.2, -0.15) is 4.68 Å². The molecule has 3 atom stereocenters. The van der Waals surface area contributed by atoms with Crippen molar-refractivity contribution < 1.29 is 20.4 Å². The maximum atomic E-state index is 10.5. The summed E-state index contributed by atoms with van der Waals surface area (Å²) in [6.07, 6.45) is -1.63. The molecule has 0 radical (unpaired) electrons. The van der Waals surface area contributed by atoms with Crippen molar-refractivity contribution >= 4 is 11.8 Å². The number of hydrogen-bond acceptors (Lipinski definition) is 8. The monoisotopic (exact) mass is 402 g/mol. The lowest BCUT2D eigenvalue weighted by atomic mass is 9.93. The van der Waals surface area contributed by atoms with Crippen LogP contribution in [0.25, 0.3) is 5.69 Å². The highest BCUT2D eigenvalue weighted by Crippen LogP contribution is 2.28. The van der Waals surface area contributed by atoms with Crippen LogP contribution in [0.5, 0.6) is 5.75 Å². The highest BCUT2D eigenvalue weighted by atomic mass is 32.2. The van der Waals surface area contributed by atoms with Gasteiger partial charge >= 0.3 is 0 Å². The van der Waals surface area contributed by atoms with Crippen molar-refractivity contribution in [3.63, 3.8) is 0 Å². The summed E-state index contributed by atoms with van der Waals surface area (Å²) in [5.41, 5.74) is 2.14. The molecule has 0 saturated heterocycles. The van der Waals surface area contributed by atoms with Gasteiger partial charge < -0.3 is 20.4 Å². The van der Waals surface area contributed by atoms with Gasteiger partial charge in [0.15, 0.2) is 0 Å². The molecule has 8 nitrogen and oxygen atoms in total. The predicted octanol–water partition coefficient (Wildman–Crippen LogP) is 1.68. The van der Waals surface area contributed by atoms with Crippen molar-refractivity contribution in [3.8, 4) is 11.4 Å². The number of aliphatic hydroxyl groups excluding tert-OH is 3. The van der Waals surface area contributed by atoms with Gasteiger partial charge in [-0.05, 0) is 45.8 Å². The molecule has 2 aromatic carbocycles. The largest absolute Gasteiger partial charge is 0.508 e. The quantitative estimate of drug-likeness (QED) is 0.420. The summed E-state index contributed by atoms with van der Waals surface area (Å²) < 4.78 is 1.52. The SMILES string of the molecule is C[C@@H]([C@H](O)CSc1nnnn1-c1ccc(O)cc1)[C@@H](O)c1ccc(CO)cc1. The van der Waals surface area contributed by atoms with Crippen LogP contribution in [0.15, 0.2) is 53.7 Å². The van der Waals surface area contributed by atoms with E-state index >= 15 is 0 Å². The molecule has 148 valence electrons. The molecule has 0 aliphatic rings. The lowest BCUT2D eigenvalue weighted by Gasteiger charge is -2.24. The molecule has 0 saturated carbocycles. The number of phenolic OH excluding ortho intramolecular Hbond substituents is 1. The van der Waals surface area contributed by atoms with E-state index in [-0.39, 0.29) is 12.4 Å². The molecule has 28 heavy (non-hydrogen) atoms. The van der Waals surface area contributed by atoms with Crippen LogP contribution in [0.3, 0.4) is 0 Å². The summed E-state index contributed by atoms with van der Waals surface area (Å²) >= 11 is 1.28. The molecular weight excluding hydrogens is 380 g/mol. The third-order valence-corrected chi connectivity index (χ3v) is 5.55. The highest BCUT2D eigenvalue weighted by molar-refractivity contribution is 7.99. The van der Waals surface area contributed by atoms with Gasteiger partial charge in [0.2, 0.25) is 5.16 Å². The topological polar surface area (TPSA) is 125 Å². The molecule has 1 aromatic heterocycles. The van der Waals surface area contributed by atoms with Crippen LogP contribution in [0.2, 0.25) is 0 Å². The number of hydrogen-bond donors (Lipinski definition) is 4. The van der Waals surface area contributed by atoms with E-state index in [1.807, 2.05) is 0 Å². The van der Waals surface area contributed by atoms with E-state index in [4.69, 9.17) is 5.11 Å². The normalized spacial score (nSPS) is 14.6. The molecule has 3 aromatic rings. The third-order valence-electron chi connectivity index (χ3n) is 4.53. The predicted molar refractivity (Wildman–Crippen MR) is 104 cm³/mol. The molecule has 0 bridgehead atoms. The summed E-state index contributed by atoms with van der Waals surface area (Å²) in [6, 6.07) is 13.5. The van der Waals surface area contributed by atoms with Crippen molar-refractivity contribution in [2.75, 3.05) is 5.75 Å². The van der Waals surface area contributed by atoms with E-state index < -0.39 is 18.1 Å². The first kappa shape index (κ1) is 20.3. The van der Waals surface area contributed by atoms with Gasteiger partial charge in [-0.3, -0.25) is 0 Å². The number of benzene rings is 2. The van der Waals surface area contributed by atoms with Crippen LogP contribution in [0.1, 0.15) is 24.2 Å². The number of thioether (sulfide) groups is 1. The fourth-order valence-electron chi connectivity index (χ4n) is 2.67. The Morgan fingerprint density at radius 1 is 1.04 bits per heavy atom. The summed E-state index contributed by atoms with van der Waals surface area (Å²) in [4.78, 5) is 0. The first-order chi connectivity index (χ1) is 13.5. The number of phenols is 1. The Balaban J connectivity index is 1.62. The lowest BCUT2D eigenvalue weighted by Crippen LogP contribution is -2.26. The van der Waals surface area contributed by atoms with Crippen molar-refractivity contribution in [3.05, 3.63) is 59.7 Å². The lowest BCUT2D eigenvalue weighted by molar-refractivity contribution is 0.0330. The van der Waals surface area contributed by atoms with E-state index in [1.54, 1.807) is 55.5 Å². The number of nitrogens with zero attached hydrogens (tertiary/aromatic N) is 4. The smallest absolute Gasteiger partial charge is 0.214 e. The highest BCUT2D eigenvalue weighted by Gasteiger charge is 2.25. The van der Waals surface area contributed by atoms with E-state index in [0.717, 1.165) is 5.56 Å². The molecule has 0 aliphatic carbocycles. The van der Waals surface area contributed by atoms with Gasteiger partial charge in [-0.15, -0.1) is 5.10 Å². The molecule has 0 aliphatic heterocycles. The second-order valence-electron chi connectivity index (χ2n) is 6.47. The van der Waals surface area contributed by atoms with Crippen LogP contribution < -0.4 is 0 Å². The number of tetrazole rings is 1. The van der Waals surface area contributed by atoms with Crippen LogP contribution in [-0.2, 0) is 6.61 Å². The van der Waals surface area contributed by atoms with E-state index in [0.29, 0.717) is 22.2 Å². The molecule has 0 unspecified atom stereocenters. The molecule has 9 heteroatoms. The standard InChI is InChI=1S/C19H22N4O4S/c1-12(18(27)14-4-2-13(10-24)3-5-14)17(26)11-28-19-20-21-22-23(19)15-6-8-16(25)9-7-15/h2-9,12,17-18,24-27H,10-11H2,1H3/t12-,17+,18+/m0/s1. The molecule has 4 N–H and O–H groups in total. The van der Waals surface area contributed by atoms with Gasteiger partial charge in [0.1, 0.15) is 5.75 Å². The number of aromatic hydroxyl groups is 1. The van der Waals surface area contributed by atoms with Gasteiger partial charge in [-0.1, -0.05) is 43.0 Å². The minimum Gasteiger partial charge on any atom is -0.508 e.